The third kappa shape index (κ3) is 6.42. The van der Waals surface area contributed by atoms with E-state index in [2.05, 4.69) is 10.4 Å². The van der Waals surface area contributed by atoms with Crippen LogP contribution in [0, 0.1) is 0 Å². The van der Waals surface area contributed by atoms with Crippen LogP contribution in [0.15, 0.2) is 47.6 Å². The fourth-order valence-electron chi connectivity index (χ4n) is 4.32. The summed E-state index contributed by atoms with van der Waals surface area (Å²) in [5.74, 6) is -0.136. The normalized spacial score (nSPS) is 15.0. The van der Waals surface area contributed by atoms with E-state index in [0.29, 0.717) is 54.1 Å². The largest absolute Gasteiger partial charge is 0.465 e. The molecule has 0 radical (unpaired) electrons. The van der Waals surface area contributed by atoms with Crippen LogP contribution in [0.4, 0.5) is 19.0 Å². The number of alkyl halides is 3. The van der Waals surface area contributed by atoms with Crippen LogP contribution in [-0.4, -0.2) is 48.0 Å². The summed E-state index contributed by atoms with van der Waals surface area (Å²) in [5, 5.41) is 7.61. The van der Waals surface area contributed by atoms with E-state index in [1.54, 1.807) is 35.0 Å². The smallest absolute Gasteiger partial charge is 0.412 e. The lowest BCUT2D eigenvalue weighted by atomic mass is 10.0. The lowest BCUT2D eigenvalue weighted by molar-refractivity contribution is -0.0913. The van der Waals surface area contributed by atoms with E-state index in [4.69, 9.17) is 4.74 Å². The zero-order chi connectivity index (χ0) is 27.3. The first-order valence-electron chi connectivity index (χ1n) is 12.3. The highest BCUT2D eigenvalue weighted by atomic mass is 19.4. The van der Waals surface area contributed by atoms with Gasteiger partial charge < -0.3 is 15.0 Å². The number of carbonyl (C=O) groups excluding carboxylic acids is 2. The van der Waals surface area contributed by atoms with Gasteiger partial charge in [0, 0.05) is 18.7 Å². The molecule has 0 spiro atoms. The highest BCUT2D eigenvalue weighted by Crippen LogP contribution is 2.32. The minimum absolute atomic E-state index is 0.237. The van der Waals surface area contributed by atoms with Gasteiger partial charge in [-0.2, -0.15) is 18.3 Å². The van der Waals surface area contributed by atoms with Crippen LogP contribution < -0.4 is 10.2 Å². The number of fused-ring (bicyclic) bond motifs is 1. The van der Waals surface area contributed by atoms with Crippen molar-refractivity contribution in [2.75, 3.05) is 25.1 Å². The number of rotatable bonds is 9. The van der Waals surface area contributed by atoms with Crippen molar-refractivity contribution in [3.8, 4) is 0 Å². The van der Waals surface area contributed by atoms with Gasteiger partial charge in [-0.1, -0.05) is 32.1 Å². The molecule has 1 aliphatic heterocycles. The molecule has 1 aromatic heterocycles. The molecule has 0 aliphatic carbocycles. The first-order valence-corrected chi connectivity index (χ1v) is 12.3. The number of nitrogens with one attached hydrogen (secondary N) is 1. The number of benzene rings is 1. The van der Waals surface area contributed by atoms with Gasteiger partial charge in [0.2, 0.25) is 0 Å². The van der Waals surface area contributed by atoms with E-state index in [9.17, 15) is 22.8 Å². The molecule has 0 bridgehead atoms. The molecule has 1 N–H and O–H groups in total. The monoisotopic (exact) mass is 518 g/mol. The van der Waals surface area contributed by atoms with Crippen LogP contribution in [0.2, 0.25) is 0 Å². The second kappa shape index (κ2) is 11.7. The molecule has 1 amide bonds. The fraction of sp³-hybridized carbons (Fsp3) is 0.444. The maximum atomic E-state index is 13.5. The Hall–Kier alpha value is -3.56. The van der Waals surface area contributed by atoms with Gasteiger partial charge in [0.1, 0.15) is 11.4 Å². The zero-order valence-electron chi connectivity index (χ0n) is 21.8. The minimum atomic E-state index is -4.40. The molecule has 0 saturated heterocycles. The molecule has 1 unspecified atom stereocenters. The maximum Gasteiger partial charge on any atom is 0.412 e. The van der Waals surface area contributed by atoms with Gasteiger partial charge in [-0.05, 0) is 56.0 Å². The number of aromatic nitrogens is 2. The molecule has 1 aromatic carbocycles. The Morgan fingerprint density at radius 3 is 2.43 bits per heavy atom. The molecule has 0 fully saturated rings. The van der Waals surface area contributed by atoms with Crippen molar-refractivity contribution in [2.45, 2.75) is 59.3 Å². The van der Waals surface area contributed by atoms with Crippen molar-refractivity contribution >= 4 is 17.7 Å². The van der Waals surface area contributed by atoms with Crippen molar-refractivity contribution < 1.29 is 27.5 Å². The Balaban J connectivity index is 1.86. The number of nitrogens with zero attached hydrogens (tertiary/aromatic N) is 3. The number of halogens is 3. The lowest BCUT2D eigenvalue weighted by Crippen LogP contribution is -2.30. The highest BCUT2D eigenvalue weighted by molar-refractivity contribution is 6.01. The molecule has 1 aliphatic rings. The first-order chi connectivity index (χ1) is 17.5. The van der Waals surface area contributed by atoms with Crippen molar-refractivity contribution in [3.63, 3.8) is 0 Å². The number of carbonyl (C=O) groups is 2. The minimum Gasteiger partial charge on any atom is -0.465 e. The number of allylic oxidation sites excluding steroid dienone is 2. The Morgan fingerprint density at radius 2 is 1.86 bits per heavy atom. The van der Waals surface area contributed by atoms with E-state index in [1.807, 2.05) is 25.7 Å². The van der Waals surface area contributed by atoms with Crippen LogP contribution in [0.3, 0.4) is 0 Å². The number of ether oxygens (including phenoxy) is 1. The molecule has 10 heteroatoms. The van der Waals surface area contributed by atoms with Gasteiger partial charge >= 0.3 is 12.1 Å². The second-order valence-corrected chi connectivity index (χ2v) is 8.96. The number of anilines is 1. The Kier molecular flexibility index (Phi) is 8.83. The van der Waals surface area contributed by atoms with Crippen molar-refractivity contribution in [1.29, 1.82) is 0 Å². The molecule has 7 nitrogen and oxygen atoms in total. The molecule has 2 aromatic rings. The third-order valence-corrected chi connectivity index (χ3v) is 6.31. The molecule has 3 rings (SSSR count). The number of methoxy groups -OCH3 is 1. The number of hydrogen-bond donors (Lipinski definition) is 1. The first kappa shape index (κ1) is 28.0. The second-order valence-electron chi connectivity index (χ2n) is 8.96. The SMILES string of the molecule is CC/C=C(\C=C(/C)C(F)(F)F)CN1CCn2nc(CC)c(C(=O)NC(C)c3ccc(C(=O)OC)cc3)c21. The summed E-state index contributed by atoms with van der Waals surface area (Å²) in [6, 6.07) is 6.42. The molecule has 37 heavy (non-hydrogen) atoms. The Bertz CT molecular complexity index is 1200. The summed E-state index contributed by atoms with van der Waals surface area (Å²) in [5.41, 5.74) is 2.16. The summed E-state index contributed by atoms with van der Waals surface area (Å²) in [7, 11) is 1.31. The molecule has 1 atom stereocenters. The average Bonchev–Trinajstić information content (AvgIpc) is 3.42. The van der Waals surface area contributed by atoms with Crippen molar-refractivity contribution in [3.05, 3.63) is 69.9 Å². The number of hydrogen-bond acceptors (Lipinski definition) is 5. The number of esters is 1. The van der Waals surface area contributed by atoms with E-state index in [-0.39, 0.29) is 18.5 Å². The Morgan fingerprint density at radius 1 is 1.19 bits per heavy atom. The van der Waals surface area contributed by atoms with E-state index in [1.165, 1.54) is 13.2 Å². The van der Waals surface area contributed by atoms with E-state index in [0.717, 1.165) is 12.5 Å². The lowest BCUT2D eigenvalue weighted by Gasteiger charge is -2.21. The predicted molar refractivity (Wildman–Crippen MR) is 136 cm³/mol. The molecular formula is C27H33F3N4O3. The topological polar surface area (TPSA) is 76.5 Å². The van der Waals surface area contributed by atoms with Gasteiger partial charge in [-0.3, -0.25) is 4.79 Å². The molecule has 2 heterocycles. The third-order valence-electron chi connectivity index (χ3n) is 6.31. The van der Waals surface area contributed by atoms with Gasteiger partial charge in [-0.25, -0.2) is 9.48 Å². The standard InChI is InChI=1S/C27H33F3N4O3/c1-6-8-19(15-17(3)27(28,29)30)16-33-13-14-34-25(33)23(22(7-2)32-34)24(35)31-18(4)20-9-11-21(12-10-20)26(36)37-5/h8-12,15,18H,6-7,13-14,16H2,1-5H3,(H,31,35)/b17-15+,19-8+. The van der Waals surface area contributed by atoms with Crippen LogP contribution >= 0.6 is 0 Å². The van der Waals surface area contributed by atoms with Crippen LogP contribution in [0.5, 0.6) is 0 Å². The fourth-order valence-corrected chi connectivity index (χ4v) is 4.32. The van der Waals surface area contributed by atoms with Crippen LogP contribution in [0.25, 0.3) is 0 Å². The predicted octanol–water partition coefficient (Wildman–Crippen LogP) is 5.39. The highest BCUT2D eigenvalue weighted by Gasteiger charge is 2.33. The van der Waals surface area contributed by atoms with Crippen LogP contribution in [0.1, 0.15) is 72.1 Å². The summed E-state index contributed by atoms with van der Waals surface area (Å²) >= 11 is 0. The summed E-state index contributed by atoms with van der Waals surface area (Å²) in [6.45, 7) is 8.00. The summed E-state index contributed by atoms with van der Waals surface area (Å²) < 4.78 is 46.0. The Labute approximate surface area is 215 Å². The van der Waals surface area contributed by atoms with Gasteiger partial charge in [0.25, 0.3) is 5.91 Å². The van der Waals surface area contributed by atoms with Gasteiger partial charge in [0.05, 0.1) is 31.0 Å². The van der Waals surface area contributed by atoms with Crippen molar-refractivity contribution in [1.82, 2.24) is 15.1 Å². The quantitative estimate of drug-likeness (QED) is 0.356. The van der Waals surface area contributed by atoms with E-state index < -0.39 is 17.7 Å². The van der Waals surface area contributed by atoms with Crippen LogP contribution in [-0.2, 0) is 17.7 Å². The maximum absolute atomic E-state index is 13.5. The molecular weight excluding hydrogens is 485 g/mol. The zero-order valence-corrected chi connectivity index (χ0v) is 21.8. The average molecular weight is 519 g/mol. The number of amides is 1. The summed E-state index contributed by atoms with van der Waals surface area (Å²) in [6.07, 6.45) is -0.337. The summed E-state index contributed by atoms with van der Waals surface area (Å²) in [4.78, 5) is 27.1. The van der Waals surface area contributed by atoms with Gasteiger partial charge in [0.15, 0.2) is 0 Å². The molecule has 200 valence electrons. The molecule has 0 saturated carbocycles. The van der Waals surface area contributed by atoms with Gasteiger partial charge in [-0.15, -0.1) is 0 Å². The van der Waals surface area contributed by atoms with Crippen molar-refractivity contribution in [2.24, 2.45) is 0 Å². The van der Waals surface area contributed by atoms with E-state index >= 15 is 0 Å². The number of aryl methyl sites for hydroxylation is 1.